The minimum atomic E-state index is -4.09. The van der Waals surface area contributed by atoms with E-state index >= 15 is 0 Å². The SMILES string of the molecule is CCOC1CCN(c2ncc(C#N)cc2NS(=O)(=O)c2ccc3cc(C(=O)NO)oc3c2)CC1. The maximum atomic E-state index is 13.2. The Labute approximate surface area is 195 Å². The van der Waals surface area contributed by atoms with E-state index in [1.54, 1.807) is 0 Å². The first kappa shape index (κ1) is 23.5. The van der Waals surface area contributed by atoms with Crippen LogP contribution in [0.3, 0.4) is 0 Å². The maximum Gasteiger partial charge on any atom is 0.310 e. The van der Waals surface area contributed by atoms with Crippen molar-refractivity contribution in [3.63, 3.8) is 0 Å². The molecule has 1 aliphatic heterocycles. The van der Waals surface area contributed by atoms with E-state index < -0.39 is 15.9 Å². The molecule has 1 aromatic carbocycles. The number of hydroxylamine groups is 1. The zero-order valence-corrected chi connectivity index (χ0v) is 19.1. The Balaban J connectivity index is 1.63. The number of fused-ring (bicyclic) bond motifs is 1. The van der Waals surface area contributed by atoms with E-state index in [9.17, 15) is 18.5 Å². The second kappa shape index (κ2) is 9.68. The van der Waals surface area contributed by atoms with E-state index in [0.29, 0.717) is 30.9 Å². The van der Waals surface area contributed by atoms with Gasteiger partial charge >= 0.3 is 5.91 Å². The number of furan rings is 1. The van der Waals surface area contributed by atoms with Gasteiger partial charge in [0.05, 0.1) is 22.3 Å². The van der Waals surface area contributed by atoms with Crippen molar-refractivity contribution < 1.29 is 27.6 Å². The molecule has 1 saturated heterocycles. The lowest BCUT2D eigenvalue weighted by Gasteiger charge is -2.33. The molecule has 3 N–H and O–H groups in total. The number of carbonyl (C=O) groups is 1. The third kappa shape index (κ3) is 4.81. The summed E-state index contributed by atoms with van der Waals surface area (Å²) in [6.45, 7) is 3.85. The van der Waals surface area contributed by atoms with Crippen molar-refractivity contribution >= 4 is 38.4 Å². The van der Waals surface area contributed by atoms with Gasteiger partial charge in [-0.1, -0.05) is 0 Å². The van der Waals surface area contributed by atoms with Crippen LogP contribution in [0.1, 0.15) is 35.9 Å². The molecule has 0 spiro atoms. The Bertz CT molecular complexity index is 1360. The fraction of sp³-hybridized carbons (Fsp3) is 0.318. The molecular weight excluding hydrogens is 462 g/mol. The van der Waals surface area contributed by atoms with Crippen molar-refractivity contribution in [2.24, 2.45) is 0 Å². The summed E-state index contributed by atoms with van der Waals surface area (Å²) in [5, 5.41) is 18.6. The molecule has 11 nitrogen and oxygen atoms in total. The molecule has 178 valence electrons. The monoisotopic (exact) mass is 485 g/mol. The smallest absolute Gasteiger partial charge is 0.310 e. The van der Waals surface area contributed by atoms with Crippen LogP contribution >= 0.6 is 0 Å². The van der Waals surface area contributed by atoms with Crippen LogP contribution in [0, 0.1) is 11.3 Å². The lowest BCUT2D eigenvalue weighted by atomic mass is 10.1. The quantitative estimate of drug-likeness (QED) is 0.338. The Hall–Kier alpha value is -3.66. The third-order valence-corrected chi connectivity index (χ3v) is 6.87. The topological polar surface area (TPSA) is 158 Å². The van der Waals surface area contributed by atoms with Gasteiger partial charge in [0.1, 0.15) is 11.7 Å². The predicted octanol–water partition coefficient (Wildman–Crippen LogP) is 2.62. The zero-order chi connectivity index (χ0) is 24.3. The largest absolute Gasteiger partial charge is 0.451 e. The molecule has 0 atom stereocenters. The Morgan fingerprint density at radius 2 is 2.09 bits per heavy atom. The number of nitrogens with one attached hydrogen (secondary N) is 2. The summed E-state index contributed by atoms with van der Waals surface area (Å²) in [5.41, 5.74) is 2.03. The number of sulfonamides is 1. The normalized spacial score (nSPS) is 14.7. The molecule has 3 heterocycles. The summed E-state index contributed by atoms with van der Waals surface area (Å²) in [7, 11) is -4.09. The van der Waals surface area contributed by atoms with E-state index in [1.807, 2.05) is 17.9 Å². The van der Waals surface area contributed by atoms with Gasteiger partial charge in [-0.2, -0.15) is 5.26 Å². The number of pyridine rings is 1. The molecule has 0 aliphatic carbocycles. The number of hydrogen-bond donors (Lipinski definition) is 3. The Morgan fingerprint density at radius 3 is 2.76 bits per heavy atom. The van der Waals surface area contributed by atoms with Crippen molar-refractivity contribution in [2.75, 3.05) is 29.3 Å². The summed E-state index contributed by atoms with van der Waals surface area (Å²) in [6, 6.07) is 8.95. The summed E-state index contributed by atoms with van der Waals surface area (Å²) in [5.74, 6) is -0.585. The molecule has 0 radical (unpaired) electrons. The lowest BCUT2D eigenvalue weighted by molar-refractivity contribution is 0.0458. The summed E-state index contributed by atoms with van der Waals surface area (Å²) >= 11 is 0. The number of ether oxygens (including phenoxy) is 1. The van der Waals surface area contributed by atoms with Crippen LogP contribution in [0.4, 0.5) is 11.5 Å². The van der Waals surface area contributed by atoms with E-state index in [1.165, 1.54) is 42.0 Å². The second-order valence-corrected chi connectivity index (χ2v) is 9.39. The number of carbonyl (C=O) groups excluding carboxylic acids is 1. The van der Waals surface area contributed by atoms with Crippen LogP contribution in [-0.2, 0) is 14.8 Å². The van der Waals surface area contributed by atoms with Gasteiger partial charge in [0.25, 0.3) is 10.0 Å². The van der Waals surface area contributed by atoms with E-state index in [0.717, 1.165) is 12.8 Å². The van der Waals surface area contributed by atoms with Gasteiger partial charge in [0.2, 0.25) is 0 Å². The standard InChI is InChI=1S/C22H23N5O6S/c1-2-32-16-5-7-27(8-6-16)21-18(9-14(12-23)13-24-21)26-34(30,31)17-4-3-15-10-20(22(28)25-29)33-19(15)11-17/h3-4,9-11,13,16,26,29H,2,5-8H2,1H3,(H,25,28). The number of piperidine rings is 1. The van der Waals surface area contributed by atoms with Gasteiger partial charge in [-0.15, -0.1) is 0 Å². The fourth-order valence-electron chi connectivity index (χ4n) is 3.87. The van der Waals surface area contributed by atoms with Crippen LogP contribution < -0.4 is 15.1 Å². The van der Waals surface area contributed by atoms with E-state index in [4.69, 9.17) is 14.4 Å². The molecule has 0 unspecified atom stereocenters. The lowest BCUT2D eigenvalue weighted by Crippen LogP contribution is -2.38. The summed E-state index contributed by atoms with van der Waals surface area (Å²) < 4.78 is 40.0. The molecule has 1 fully saturated rings. The summed E-state index contributed by atoms with van der Waals surface area (Å²) in [4.78, 5) is 17.8. The number of anilines is 2. The number of rotatable bonds is 7. The number of amides is 1. The molecule has 1 amide bonds. The highest BCUT2D eigenvalue weighted by Gasteiger charge is 2.25. The van der Waals surface area contributed by atoms with Gasteiger partial charge in [-0.25, -0.2) is 18.9 Å². The van der Waals surface area contributed by atoms with Gasteiger partial charge < -0.3 is 14.1 Å². The Kier molecular flexibility index (Phi) is 6.69. The Morgan fingerprint density at radius 1 is 1.32 bits per heavy atom. The molecule has 3 aromatic rings. The van der Waals surface area contributed by atoms with Crippen LogP contribution in [-0.4, -0.2) is 50.3 Å². The number of nitriles is 1. The number of benzene rings is 1. The van der Waals surface area contributed by atoms with Crippen molar-refractivity contribution in [2.45, 2.75) is 30.8 Å². The molecule has 1 aliphatic rings. The predicted molar refractivity (Wildman–Crippen MR) is 122 cm³/mol. The first-order chi connectivity index (χ1) is 16.3. The maximum absolute atomic E-state index is 13.2. The van der Waals surface area contributed by atoms with Crippen molar-refractivity contribution in [1.29, 1.82) is 5.26 Å². The third-order valence-electron chi connectivity index (χ3n) is 5.51. The average Bonchev–Trinajstić information content (AvgIpc) is 3.28. The minimum Gasteiger partial charge on any atom is -0.451 e. The molecule has 0 bridgehead atoms. The van der Waals surface area contributed by atoms with Crippen molar-refractivity contribution in [3.8, 4) is 6.07 Å². The fourth-order valence-corrected chi connectivity index (χ4v) is 4.93. The first-order valence-electron chi connectivity index (χ1n) is 10.6. The van der Waals surface area contributed by atoms with Crippen LogP contribution in [0.2, 0.25) is 0 Å². The molecular formula is C22H23N5O6S. The molecule has 4 rings (SSSR count). The van der Waals surface area contributed by atoms with E-state index in [-0.39, 0.29) is 33.6 Å². The van der Waals surface area contributed by atoms with Crippen LogP contribution in [0.25, 0.3) is 11.0 Å². The zero-order valence-electron chi connectivity index (χ0n) is 18.3. The highest BCUT2D eigenvalue weighted by atomic mass is 32.2. The van der Waals surface area contributed by atoms with Crippen molar-refractivity contribution in [1.82, 2.24) is 10.5 Å². The highest BCUT2D eigenvalue weighted by Crippen LogP contribution is 2.31. The molecule has 2 aromatic heterocycles. The number of aromatic nitrogens is 1. The molecule has 0 saturated carbocycles. The summed E-state index contributed by atoms with van der Waals surface area (Å²) in [6.07, 6.45) is 3.11. The molecule has 12 heteroatoms. The van der Waals surface area contributed by atoms with Gasteiger partial charge in [-0.05, 0) is 44.0 Å². The highest BCUT2D eigenvalue weighted by molar-refractivity contribution is 7.92. The van der Waals surface area contributed by atoms with E-state index in [2.05, 4.69) is 9.71 Å². The van der Waals surface area contributed by atoms with Gasteiger partial charge in [0, 0.05) is 37.3 Å². The minimum absolute atomic E-state index is 0.103. The van der Waals surface area contributed by atoms with Crippen molar-refractivity contribution in [3.05, 3.63) is 47.9 Å². The first-order valence-corrected chi connectivity index (χ1v) is 12.1. The second-order valence-electron chi connectivity index (χ2n) is 7.71. The van der Waals surface area contributed by atoms with Gasteiger partial charge in [0.15, 0.2) is 11.6 Å². The van der Waals surface area contributed by atoms with Crippen LogP contribution in [0.15, 0.2) is 45.8 Å². The number of hydrogen-bond acceptors (Lipinski definition) is 9. The van der Waals surface area contributed by atoms with Crippen LogP contribution in [0.5, 0.6) is 0 Å². The number of nitrogens with zero attached hydrogens (tertiary/aromatic N) is 3. The van der Waals surface area contributed by atoms with Gasteiger partial charge in [-0.3, -0.25) is 14.7 Å². The molecule has 34 heavy (non-hydrogen) atoms. The average molecular weight is 486 g/mol.